The Balaban J connectivity index is 1.36. The number of carbonyl (C=O) groups excluding carboxylic acids is 2. The molecule has 5 rings (SSSR count). The molecular weight excluding hydrogens is 456 g/mol. The number of phenolic OH excluding ortho intramolecular Hbond substituents is 1. The molecule has 2 heterocycles. The van der Waals surface area contributed by atoms with Crippen molar-refractivity contribution < 1.29 is 28.6 Å². The van der Waals surface area contributed by atoms with E-state index in [1.165, 1.54) is 6.08 Å². The normalized spacial score (nSPS) is 14.0. The number of aromatic hydroxyl groups is 1. The predicted molar refractivity (Wildman–Crippen MR) is 138 cm³/mol. The summed E-state index contributed by atoms with van der Waals surface area (Å²) in [6.07, 6.45) is 6.68. The van der Waals surface area contributed by atoms with Gasteiger partial charge in [-0.1, -0.05) is 12.1 Å². The van der Waals surface area contributed by atoms with Crippen molar-refractivity contribution >= 4 is 34.7 Å². The molecule has 4 aromatic rings. The van der Waals surface area contributed by atoms with E-state index in [-0.39, 0.29) is 28.6 Å². The molecule has 0 bridgehead atoms. The fourth-order valence-corrected chi connectivity index (χ4v) is 4.06. The first kappa shape index (κ1) is 23.2. The van der Waals surface area contributed by atoms with Gasteiger partial charge in [0.1, 0.15) is 28.4 Å². The van der Waals surface area contributed by atoms with E-state index in [0.29, 0.717) is 28.2 Å². The van der Waals surface area contributed by atoms with Crippen molar-refractivity contribution in [3.05, 3.63) is 101 Å². The largest absolute Gasteiger partial charge is 0.506 e. The number of methoxy groups -OCH3 is 1. The van der Waals surface area contributed by atoms with E-state index >= 15 is 0 Å². The Hall–Kier alpha value is -4.58. The molecule has 1 aliphatic rings. The quantitative estimate of drug-likeness (QED) is 0.252. The van der Waals surface area contributed by atoms with Crippen LogP contribution in [0.1, 0.15) is 51.5 Å². The second kappa shape index (κ2) is 8.89. The van der Waals surface area contributed by atoms with Crippen LogP contribution in [-0.4, -0.2) is 29.4 Å². The maximum atomic E-state index is 12.8. The number of hydrogen-bond donors (Lipinski definition) is 1. The fraction of sp³-hybridized carbons (Fsp3) is 0.133. The van der Waals surface area contributed by atoms with Gasteiger partial charge >= 0.3 is 0 Å². The molecule has 0 spiro atoms. The molecule has 3 aromatic carbocycles. The zero-order chi connectivity index (χ0) is 25.4. The molecule has 0 saturated heterocycles. The van der Waals surface area contributed by atoms with E-state index in [4.69, 9.17) is 13.9 Å². The Morgan fingerprint density at radius 1 is 1.00 bits per heavy atom. The first-order chi connectivity index (χ1) is 17.2. The number of rotatable bonds is 6. The second-order valence-electron chi connectivity index (χ2n) is 9.08. The maximum absolute atomic E-state index is 12.8. The molecule has 0 unspecified atom stereocenters. The topological polar surface area (TPSA) is 86.0 Å². The van der Waals surface area contributed by atoms with Crippen molar-refractivity contribution in [2.75, 3.05) is 7.11 Å². The van der Waals surface area contributed by atoms with E-state index in [9.17, 15) is 14.7 Å². The molecule has 0 aliphatic carbocycles. The average Bonchev–Trinajstić information content (AvgIpc) is 3.30. The lowest BCUT2D eigenvalue weighted by Crippen LogP contribution is -2.27. The highest BCUT2D eigenvalue weighted by Crippen LogP contribution is 2.38. The molecule has 180 valence electrons. The molecule has 0 radical (unpaired) electrons. The van der Waals surface area contributed by atoms with Crippen molar-refractivity contribution in [2.45, 2.75) is 19.4 Å². The summed E-state index contributed by atoms with van der Waals surface area (Å²) in [7, 11) is 1.57. The summed E-state index contributed by atoms with van der Waals surface area (Å²) in [4.78, 5) is 25.6. The highest BCUT2D eigenvalue weighted by Gasteiger charge is 2.25. The second-order valence-corrected chi connectivity index (χ2v) is 9.08. The van der Waals surface area contributed by atoms with E-state index < -0.39 is 5.60 Å². The molecule has 0 amide bonds. The minimum Gasteiger partial charge on any atom is -0.506 e. The van der Waals surface area contributed by atoms with Crippen molar-refractivity contribution in [3.8, 4) is 17.2 Å². The molecule has 0 atom stereocenters. The van der Waals surface area contributed by atoms with Crippen molar-refractivity contribution in [2.24, 2.45) is 0 Å². The lowest BCUT2D eigenvalue weighted by atomic mass is 9.98. The fourth-order valence-electron chi connectivity index (χ4n) is 4.06. The number of hydrogen-bond acceptors (Lipinski definition) is 6. The van der Waals surface area contributed by atoms with Crippen LogP contribution in [0.3, 0.4) is 0 Å². The summed E-state index contributed by atoms with van der Waals surface area (Å²) in [5.41, 5.74) is 2.02. The summed E-state index contributed by atoms with van der Waals surface area (Å²) >= 11 is 0. The number of allylic oxidation sites excluding steroid dienone is 1. The predicted octanol–water partition coefficient (Wildman–Crippen LogP) is 6.46. The monoisotopic (exact) mass is 480 g/mol. The highest BCUT2D eigenvalue weighted by molar-refractivity contribution is 6.10. The van der Waals surface area contributed by atoms with Gasteiger partial charge in [0.2, 0.25) is 5.78 Å². The lowest BCUT2D eigenvalue weighted by Gasteiger charge is -2.28. The van der Waals surface area contributed by atoms with Gasteiger partial charge in [0.15, 0.2) is 11.5 Å². The summed E-state index contributed by atoms with van der Waals surface area (Å²) in [6, 6.07) is 17.1. The van der Waals surface area contributed by atoms with Gasteiger partial charge in [0.25, 0.3) is 0 Å². The van der Waals surface area contributed by atoms with Gasteiger partial charge < -0.3 is 19.0 Å². The Bertz CT molecular complexity index is 1550. The van der Waals surface area contributed by atoms with Gasteiger partial charge in [-0.25, -0.2) is 0 Å². The minimum atomic E-state index is -0.476. The van der Waals surface area contributed by atoms with E-state index in [1.54, 1.807) is 73.9 Å². The molecule has 6 heteroatoms. The van der Waals surface area contributed by atoms with Crippen molar-refractivity contribution in [1.82, 2.24) is 0 Å². The van der Waals surface area contributed by atoms with Gasteiger partial charge in [-0.15, -0.1) is 0 Å². The molecule has 0 saturated carbocycles. The maximum Gasteiger partial charge on any atom is 0.228 e. The number of ketones is 2. The van der Waals surface area contributed by atoms with E-state index in [1.807, 2.05) is 26.0 Å². The third-order valence-corrected chi connectivity index (χ3v) is 6.01. The number of fused-ring (bicyclic) bond motifs is 2. The van der Waals surface area contributed by atoms with Crippen LogP contribution in [0.5, 0.6) is 17.2 Å². The zero-order valence-electron chi connectivity index (χ0n) is 20.1. The molecular formula is C30H24O6. The van der Waals surface area contributed by atoms with Crippen molar-refractivity contribution in [1.29, 1.82) is 0 Å². The Morgan fingerprint density at radius 3 is 2.53 bits per heavy atom. The zero-order valence-corrected chi connectivity index (χ0v) is 20.1. The SMILES string of the molecule is COc1ccc(C(=O)c2cc3cc(/C=C/C(=O)c4ccc5c(c4O)C=CC(C)(C)O5)ccc3o2)cc1. The van der Waals surface area contributed by atoms with Gasteiger partial charge in [-0.3, -0.25) is 9.59 Å². The Kier molecular flexibility index (Phi) is 5.72. The molecule has 0 fully saturated rings. The van der Waals surface area contributed by atoms with Crippen LogP contribution in [0.15, 0.2) is 77.2 Å². The number of carbonyl (C=O) groups is 2. The number of phenols is 1. The number of furan rings is 1. The van der Waals surface area contributed by atoms with Gasteiger partial charge in [-0.05, 0) is 92.2 Å². The van der Waals surface area contributed by atoms with Crippen LogP contribution in [-0.2, 0) is 0 Å². The van der Waals surface area contributed by atoms with Crippen molar-refractivity contribution in [3.63, 3.8) is 0 Å². The first-order valence-corrected chi connectivity index (χ1v) is 11.4. The Morgan fingerprint density at radius 2 is 1.78 bits per heavy atom. The van der Waals surface area contributed by atoms with Crippen LogP contribution >= 0.6 is 0 Å². The summed E-state index contributed by atoms with van der Waals surface area (Å²) in [5.74, 6) is 0.748. The van der Waals surface area contributed by atoms with Crippen LogP contribution in [0.2, 0.25) is 0 Å². The van der Waals surface area contributed by atoms with Gasteiger partial charge in [-0.2, -0.15) is 0 Å². The summed E-state index contributed by atoms with van der Waals surface area (Å²) in [6.45, 7) is 3.83. The smallest absolute Gasteiger partial charge is 0.228 e. The van der Waals surface area contributed by atoms with Crippen LogP contribution in [0.4, 0.5) is 0 Å². The number of ether oxygens (including phenoxy) is 2. The molecule has 6 nitrogen and oxygen atoms in total. The third-order valence-electron chi connectivity index (χ3n) is 6.01. The van der Waals surface area contributed by atoms with Crippen LogP contribution in [0.25, 0.3) is 23.1 Å². The van der Waals surface area contributed by atoms with Crippen LogP contribution in [0, 0.1) is 0 Å². The summed E-state index contributed by atoms with van der Waals surface area (Å²) < 4.78 is 16.7. The lowest BCUT2D eigenvalue weighted by molar-refractivity contribution is 0.101. The van der Waals surface area contributed by atoms with E-state index in [2.05, 4.69) is 0 Å². The number of benzene rings is 3. The standard InChI is InChI=1S/C30H24O6/c1-30(2)15-14-23-26(36-30)13-10-22(29(23)33)24(31)11-4-18-5-12-25-20(16-18)17-27(35-25)28(32)19-6-8-21(34-3)9-7-19/h4-17,33H,1-3H3/b11-4+. The molecule has 1 aromatic heterocycles. The molecule has 1 aliphatic heterocycles. The molecule has 1 N–H and O–H groups in total. The minimum absolute atomic E-state index is 0.110. The van der Waals surface area contributed by atoms with E-state index in [0.717, 1.165) is 10.9 Å². The Labute approximate surface area is 208 Å². The van der Waals surface area contributed by atoms with Crippen LogP contribution < -0.4 is 9.47 Å². The van der Waals surface area contributed by atoms with Gasteiger partial charge in [0.05, 0.1) is 18.2 Å². The van der Waals surface area contributed by atoms with Gasteiger partial charge in [0, 0.05) is 10.9 Å². The molecule has 36 heavy (non-hydrogen) atoms. The highest BCUT2D eigenvalue weighted by atomic mass is 16.5. The summed E-state index contributed by atoms with van der Waals surface area (Å²) in [5, 5.41) is 11.4. The average molecular weight is 481 g/mol. The third kappa shape index (κ3) is 4.41. The first-order valence-electron chi connectivity index (χ1n) is 11.4.